The van der Waals surface area contributed by atoms with E-state index in [0.717, 1.165) is 28.0 Å². The summed E-state index contributed by atoms with van der Waals surface area (Å²) in [5.74, 6) is 1.72. The van der Waals surface area contributed by atoms with Crippen molar-refractivity contribution in [3.8, 4) is 17.1 Å². The minimum atomic E-state index is 0.848. The van der Waals surface area contributed by atoms with Crippen LogP contribution >= 0.6 is 0 Å². The average Bonchev–Trinajstić information content (AvgIpc) is 2.47. The Morgan fingerprint density at radius 1 is 0.947 bits per heavy atom. The summed E-state index contributed by atoms with van der Waals surface area (Å²) in [6, 6.07) is 18.1. The molecular formula is C17H15O2+. The highest BCUT2D eigenvalue weighted by atomic mass is 16.5. The highest BCUT2D eigenvalue weighted by molar-refractivity contribution is 5.82. The maximum absolute atomic E-state index is 5.96. The second-order valence-corrected chi connectivity index (χ2v) is 4.52. The monoisotopic (exact) mass is 251 g/mol. The second kappa shape index (κ2) is 4.73. The first-order valence-corrected chi connectivity index (χ1v) is 6.25. The van der Waals surface area contributed by atoms with Crippen LogP contribution in [-0.2, 0) is 0 Å². The molecule has 2 heteroatoms. The van der Waals surface area contributed by atoms with Gasteiger partial charge in [0.1, 0.15) is 5.75 Å². The van der Waals surface area contributed by atoms with E-state index in [-0.39, 0.29) is 0 Å². The fraction of sp³-hybridized carbons (Fsp3) is 0.118. The van der Waals surface area contributed by atoms with E-state index >= 15 is 0 Å². The van der Waals surface area contributed by atoms with Crippen LogP contribution in [0, 0.1) is 6.92 Å². The van der Waals surface area contributed by atoms with Gasteiger partial charge in [0.05, 0.1) is 18.1 Å². The van der Waals surface area contributed by atoms with Crippen molar-refractivity contribution in [3.05, 3.63) is 60.2 Å². The molecule has 1 aromatic heterocycles. The Morgan fingerprint density at radius 3 is 2.42 bits per heavy atom. The molecule has 0 aliphatic rings. The van der Waals surface area contributed by atoms with Gasteiger partial charge in [-0.1, -0.05) is 12.1 Å². The molecule has 0 bridgehead atoms. The van der Waals surface area contributed by atoms with Gasteiger partial charge < -0.3 is 4.74 Å². The molecule has 0 N–H and O–H groups in total. The van der Waals surface area contributed by atoms with Crippen molar-refractivity contribution in [2.45, 2.75) is 6.92 Å². The lowest BCUT2D eigenvalue weighted by molar-refractivity contribution is 0.415. The first kappa shape index (κ1) is 11.7. The maximum Gasteiger partial charge on any atom is 0.361 e. The number of hydrogen-bond acceptors (Lipinski definition) is 1. The lowest BCUT2D eigenvalue weighted by atomic mass is 10.1. The van der Waals surface area contributed by atoms with Gasteiger partial charge in [0.25, 0.3) is 0 Å². The quantitative estimate of drug-likeness (QED) is 0.615. The number of fused-ring (bicyclic) bond motifs is 1. The van der Waals surface area contributed by atoms with Gasteiger partial charge >= 0.3 is 11.3 Å². The van der Waals surface area contributed by atoms with Gasteiger partial charge in [0, 0.05) is 12.1 Å². The molecule has 2 aromatic carbocycles. The molecule has 2 nitrogen and oxygen atoms in total. The predicted octanol–water partition coefficient (Wildman–Crippen LogP) is 4.70. The first-order chi connectivity index (χ1) is 9.28. The van der Waals surface area contributed by atoms with E-state index in [2.05, 4.69) is 19.1 Å². The minimum Gasteiger partial charge on any atom is -0.497 e. The highest BCUT2D eigenvalue weighted by Crippen LogP contribution is 2.28. The number of ether oxygens (including phenoxy) is 1. The Hall–Kier alpha value is -2.35. The largest absolute Gasteiger partial charge is 0.497 e. The number of rotatable bonds is 2. The SMILES string of the molecule is COc1ccc(-c2cc(C)c3ccccc3[o+]2)cc1. The Bertz CT molecular complexity index is 715. The summed E-state index contributed by atoms with van der Waals surface area (Å²) < 4.78 is 11.1. The number of benzene rings is 2. The lowest BCUT2D eigenvalue weighted by Crippen LogP contribution is -1.85. The Kier molecular flexibility index (Phi) is 2.92. The van der Waals surface area contributed by atoms with Crippen molar-refractivity contribution < 1.29 is 9.15 Å². The van der Waals surface area contributed by atoms with Gasteiger partial charge in [0.15, 0.2) is 0 Å². The Labute approximate surface area is 112 Å². The van der Waals surface area contributed by atoms with Crippen LogP contribution in [0.2, 0.25) is 0 Å². The number of aryl methyl sites for hydroxylation is 1. The first-order valence-electron chi connectivity index (χ1n) is 6.25. The van der Waals surface area contributed by atoms with E-state index in [9.17, 15) is 0 Å². The fourth-order valence-electron chi connectivity index (χ4n) is 2.20. The van der Waals surface area contributed by atoms with Crippen molar-refractivity contribution in [3.63, 3.8) is 0 Å². The van der Waals surface area contributed by atoms with Crippen LogP contribution in [0.25, 0.3) is 22.3 Å². The van der Waals surface area contributed by atoms with Gasteiger partial charge in [-0.25, -0.2) is 4.42 Å². The van der Waals surface area contributed by atoms with E-state index in [0.29, 0.717) is 0 Å². The number of methoxy groups -OCH3 is 1. The van der Waals surface area contributed by atoms with Crippen LogP contribution < -0.4 is 4.74 Å². The van der Waals surface area contributed by atoms with Crippen LogP contribution in [0.5, 0.6) is 5.75 Å². The summed E-state index contributed by atoms with van der Waals surface area (Å²) in [6.45, 7) is 2.10. The Balaban J connectivity index is 2.14. The molecule has 94 valence electrons. The molecule has 0 spiro atoms. The third-order valence-corrected chi connectivity index (χ3v) is 3.25. The van der Waals surface area contributed by atoms with Crippen LogP contribution in [0.1, 0.15) is 5.56 Å². The molecule has 0 unspecified atom stereocenters. The van der Waals surface area contributed by atoms with Gasteiger partial charge in [-0.3, -0.25) is 0 Å². The molecular weight excluding hydrogens is 236 g/mol. The van der Waals surface area contributed by atoms with Gasteiger partial charge in [-0.15, -0.1) is 0 Å². The van der Waals surface area contributed by atoms with Crippen molar-refractivity contribution >= 4 is 11.0 Å². The topological polar surface area (TPSA) is 20.5 Å². The number of para-hydroxylation sites is 1. The third kappa shape index (κ3) is 2.17. The van der Waals surface area contributed by atoms with Crippen LogP contribution in [0.3, 0.4) is 0 Å². The van der Waals surface area contributed by atoms with Crippen LogP contribution in [0.15, 0.2) is 59.0 Å². The second-order valence-electron chi connectivity index (χ2n) is 4.52. The molecule has 0 aliphatic carbocycles. The summed E-state index contributed by atoms with van der Waals surface area (Å²) in [6.07, 6.45) is 0. The molecule has 0 saturated heterocycles. The Morgan fingerprint density at radius 2 is 1.68 bits per heavy atom. The predicted molar refractivity (Wildman–Crippen MR) is 77.3 cm³/mol. The summed E-state index contributed by atoms with van der Waals surface area (Å²) in [5, 5.41) is 1.15. The number of hydrogen-bond donors (Lipinski definition) is 0. The van der Waals surface area contributed by atoms with E-state index in [1.54, 1.807) is 7.11 Å². The van der Waals surface area contributed by atoms with Crippen molar-refractivity contribution in [1.82, 2.24) is 0 Å². The molecule has 0 amide bonds. The van der Waals surface area contributed by atoms with E-state index < -0.39 is 0 Å². The molecule has 0 saturated carbocycles. The molecule has 0 aliphatic heterocycles. The molecule has 0 fully saturated rings. The summed E-state index contributed by atoms with van der Waals surface area (Å²) in [5.41, 5.74) is 3.18. The average molecular weight is 251 g/mol. The summed E-state index contributed by atoms with van der Waals surface area (Å²) in [7, 11) is 1.67. The smallest absolute Gasteiger partial charge is 0.361 e. The molecule has 0 radical (unpaired) electrons. The molecule has 19 heavy (non-hydrogen) atoms. The molecule has 3 rings (SSSR count). The van der Waals surface area contributed by atoms with Crippen molar-refractivity contribution in [1.29, 1.82) is 0 Å². The standard InChI is InChI=1S/C17H15O2/c1-12-11-17(13-7-9-14(18-2)10-8-13)19-16-6-4-3-5-15(12)16/h3-11H,1-2H3/q+1. The van der Waals surface area contributed by atoms with Crippen molar-refractivity contribution in [2.75, 3.05) is 7.11 Å². The van der Waals surface area contributed by atoms with E-state index in [1.165, 1.54) is 5.56 Å². The van der Waals surface area contributed by atoms with Crippen LogP contribution in [-0.4, -0.2) is 7.11 Å². The van der Waals surface area contributed by atoms with Crippen LogP contribution in [0.4, 0.5) is 0 Å². The zero-order valence-corrected chi connectivity index (χ0v) is 11.0. The van der Waals surface area contributed by atoms with E-state index in [4.69, 9.17) is 9.15 Å². The van der Waals surface area contributed by atoms with Gasteiger partial charge in [-0.05, 0) is 42.8 Å². The molecule has 1 heterocycles. The maximum atomic E-state index is 5.96. The minimum absolute atomic E-state index is 0.848. The zero-order chi connectivity index (χ0) is 13.2. The summed E-state index contributed by atoms with van der Waals surface area (Å²) >= 11 is 0. The summed E-state index contributed by atoms with van der Waals surface area (Å²) in [4.78, 5) is 0. The molecule has 3 aromatic rings. The zero-order valence-electron chi connectivity index (χ0n) is 11.0. The van der Waals surface area contributed by atoms with Gasteiger partial charge in [-0.2, -0.15) is 0 Å². The van der Waals surface area contributed by atoms with Crippen molar-refractivity contribution in [2.24, 2.45) is 0 Å². The highest BCUT2D eigenvalue weighted by Gasteiger charge is 2.16. The van der Waals surface area contributed by atoms with E-state index in [1.807, 2.05) is 42.5 Å². The normalized spacial score (nSPS) is 10.6. The third-order valence-electron chi connectivity index (χ3n) is 3.25. The van der Waals surface area contributed by atoms with Gasteiger partial charge in [0.2, 0.25) is 0 Å². The molecule has 0 atom stereocenters. The lowest BCUT2D eigenvalue weighted by Gasteiger charge is -1.99. The fourth-order valence-corrected chi connectivity index (χ4v) is 2.20.